The fraction of sp³-hybridized carbons (Fsp3) is 0.259. The van der Waals surface area contributed by atoms with Crippen molar-refractivity contribution in [2.24, 2.45) is 0 Å². The van der Waals surface area contributed by atoms with Crippen LogP contribution in [0.25, 0.3) is 5.52 Å². The number of amides is 2. The van der Waals surface area contributed by atoms with Crippen LogP contribution in [0.5, 0.6) is 0 Å². The Morgan fingerprint density at radius 1 is 0.912 bits per heavy atom. The number of anilines is 1. The van der Waals surface area contributed by atoms with Crippen molar-refractivity contribution >= 4 is 23.1 Å². The molecule has 6 rings (SSSR count). The molecule has 5 heterocycles. The highest BCUT2D eigenvalue weighted by Crippen LogP contribution is 2.31. The summed E-state index contributed by atoms with van der Waals surface area (Å²) in [5.41, 5.74) is 4.44. The molecule has 2 amide bonds. The normalized spacial score (nSPS) is 16.1. The van der Waals surface area contributed by atoms with Gasteiger partial charge in [0.05, 0.1) is 17.3 Å². The molecule has 0 spiro atoms. The van der Waals surface area contributed by atoms with Gasteiger partial charge in [-0.2, -0.15) is 5.10 Å². The number of carbonyl (C=O) groups excluding carboxylic acids is 2. The maximum absolute atomic E-state index is 13.4. The van der Waals surface area contributed by atoms with E-state index in [9.17, 15) is 9.59 Å². The number of hydrogen-bond acceptors (Lipinski definition) is 4. The second-order valence-corrected chi connectivity index (χ2v) is 8.97. The summed E-state index contributed by atoms with van der Waals surface area (Å²) in [4.78, 5) is 34.3. The van der Waals surface area contributed by atoms with E-state index < -0.39 is 0 Å². The zero-order chi connectivity index (χ0) is 23.1. The van der Waals surface area contributed by atoms with Gasteiger partial charge in [0.1, 0.15) is 5.82 Å². The first-order valence-electron chi connectivity index (χ1n) is 11.8. The number of pyridine rings is 2. The highest BCUT2D eigenvalue weighted by atomic mass is 16.2. The van der Waals surface area contributed by atoms with E-state index in [2.05, 4.69) is 22.2 Å². The Balaban J connectivity index is 1.21. The summed E-state index contributed by atoms with van der Waals surface area (Å²) in [6.07, 6.45) is 7.93. The van der Waals surface area contributed by atoms with Gasteiger partial charge in [0.2, 0.25) is 0 Å². The Morgan fingerprint density at radius 2 is 1.74 bits per heavy atom. The molecular formula is C27H25N5O2. The van der Waals surface area contributed by atoms with E-state index in [4.69, 9.17) is 0 Å². The van der Waals surface area contributed by atoms with Crippen molar-refractivity contribution in [1.82, 2.24) is 19.5 Å². The van der Waals surface area contributed by atoms with Gasteiger partial charge in [-0.25, -0.2) is 9.50 Å². The molecular weight excluding hydrogens is 426 g/mol. The zero-order valence-corrected chi connectivity index (χ0v) is 18.8. The molecule has 34 heavy (non-hydrogen) atoms. The summed E-state index contributed by atoms with van der Waals surface area (Å²) in [5.74, 6) is 1.13. The highest BCUT2D eigenvalue weighted by Gasteiger charge is 2.29. The van der Waals surface area contributed by atoms with E-state index in [0.29, 0.717) is 18.0 Å². The van der Waals surface area contributed by atoms with E-state index in [1.54, 1.807) is 21.8 Å². The summed E-state index contributed by atoms with van der Waals surface area (Å²) in [5, 5.41) is 4.42. The Hall–Kier alpha value is -4.00. The number of benzene rings is 1. The summed E-state index contributed by atoms with van der Waals surface area (Å²) in [7, 11) is 0. The van der Waals surface area contributed by atoms with E-state index in [1.807, 2.05) is 53.6 Å². The predicted molar refractivity (Wildman–Crippen MR) is 129 cm³/mol. The van der Waals surface area contributed by atoms with Crippen molar-refractivity contribution in [2.45, 2.75) is 25.2 Å². The van der Waals surface area contributed by atoms with Crippen molar-refractivity contribution in [1.29, 1.82) is 0 Å². The Labute approximate surface area is 197 Å². The van der Waals surface area contributed by atoms with E-state index >= 15 is 0 Å². The third-order valence-corrected chi connectivity index (χ3v) is 7.02. The first kappa shape index (κ1) is 20.6. The summed E-state index contributed by atoms with van der Waals surface area (Å²) >= 11 is 0. The fourth-order valence-corrected chi connectivity index (χ4v) is 5.14. The van der Waals surface area contributed by atoms with Crippen molar-refractivity contribution < 1.29 is 9.59 Å². The Kier molecular flexibility index (Phi) is 5.09. The smallest absolute Gasteiger partial charge is 0.263 e. The Bertz CT molecular complexity index is 1370. The van der Waals surface area contributed by atoms with Gasteiger partial charge < -0.3 is 4.90 Å². The van der Waals surface area contributed by atoms with Crippen LogP contribution >= 0.6 is 0 Å². The first-order valence-corrected chi connectivity index (χ1v) is 11.8. The first-order chi connectivity index (χ1) is 16.7. The van der Waals surface area contributed by atoms with Gasteiger partial charge in [-0.1, -0.05) is 24.3 Å². The summed E-state index contributed by atoms with van der Waals surface area (Å²) in [6, 6.07) is 17.6. The number of piperidine rings is 1. The molecule has 2 aliphatic heterocycles. The van der Waals surface area contributed by atoms with Crippen molar-refractivity contribution in [3.8, 4) is 0 Å². The SMILES string of the molecule is O=C(c1ccccc1)N1CCC(c2ccn3ncc(C(=O)N4CCc5cccnc54)c3c2)CC1. The van der Waals surface area contributed by atoms with Gasteiger partial charge in [0.25, 0.3) is 11.8 Å². The Morgan fingerprint density at radius 3 is 2.56 bits per heavy atom. The summed E-state index contributed by atoms with van der Waals surface area (Å²) in [6.45, 7) is 2.09. The number of aromatic nitrogens is 3. The second kappa shape index (κ2) is 8.41. The third-order valence-electron chi connectivity index (χ3n) is 7.02. The van der Waals surface area contributed by atoms with Gasteiger partial charge in [-0.3, -0.25) is 14.5 Å². The third kappa shape index (κ3) is 3.53. The molecule has 0 saturated carbocycles. The molecule has 0 N–H and O–H groups in total. The predicted octanol–water partition coefficient (Wildman–Crippen LogP) is 3.95. The maximum Gasteiger partial charge on any atom is 0.263 e. The second-order valence-electron chi connectivity index (χ2n) is 8.97. The average molecular weight is 452 g/mol. The lowest BCUT2D eigenvalue weighted by atomic mass is 9.89. The largest absolute Gasteiger partial charge is 0.339 e. The van der Waals surface area contributed by atoms with Crippen molar-refractivity contribution in [3.05, 3.63) is 95.4 Å². The topological polar surface area (TPSA) is 70.8 Å². The molecule has 0 aliphatic carbocycles. The molecule has 0 radical (unpaired) electrons. The molecule has 170 valence electrons. The molecule has 1 fully saturated rings. The molecule has 3 aromatic heterocycles. The van der Waals surface area contributed by atoms with E-state index in [0.717, 1.165) is 54.8 Å². The molecule has 1 saturated heterocycles. The minimum atomic E-state index is -0.0622. The summed E-state index contributed by atoms with van der Waals surface area (Å²) < 4.78 is 1.76. The lowest BCUT2D eigenvalue weighted by molar-refractivity contribution is 0.0712. The number of rotatable bonds is 3. The van der Waals surface area contributed by atoms with Crippen LogP contribution in [0.15, 0.2) is 73.2 Å². The van der Waals surface area contributed by atoms with Crippen LogP contribution in [0, 0.1) is 0 Å². The maximum atomic E-state index is 13.4. The van der Waals surface area contributed by atoms with Crippen molar-refractivity contribution in [3.63, 3.8) is 0 Å². The van der Waals surface area contributed by atoms with Crippen LogP contribution in [0.4, 0.5) is 5.82 Å². The molecule has 7 heteroatoms. The molecule has 0 bridgehead atoms. The minimum Gasteiger partial charge on any atom is -0.339 e. The molecule has 0 unspecified atom stereocenters. The molecule has 2 aliphatic rings. The van der Waals surface area contributed by atoms with Crippen LogP contribution in [0.2, 0.25) is 0 Å². The van der Waals surface area contributed by atoms with Crippen LogP contribution < -0.4 is 4.90 Å². The number of fused-ring (bicyclic) bond motifs is 2. The quantitative estimate of drug-likeness (QED) is 0.473. The van der Waals surface area contributed by atoms with E-state index in [1.165, 1.54) is 5.56 Å². The van der Waals surface area contributed by atoms with Crippen LogP contribution in [0.3, 0.4) is 0 Å². The highest BCUT2D eigenvalue weighted by molar-refractivity contribution is 6.10. The standard InChI is InChI=1S/C27H25N5O2/c33-26(21-5-2-1-3-6-21)30-13-8-19(9-14-30)22-11-16-32-24(17-22)23(18-29-32)27(34)31-15-10-20-7-4-12-28-25(20)31/h1-7,11-12,16-19H,8-10,13-15H2. The number of likely N-dealkylation sites (tertiary alicyclic amines) is 1. The average Bonchev–Trinajstić information content (AvgIpc) is 3.53. The minimum absolute atomic E-state index is 0.0622. The van der Waals surface area contributed by atoms with Crippen LogP contribution in [-0.2, 0) is 6.42 Å². The van der Waals surface area contributed by atoms with Gasteiger partial charge in [-0.05, 0) is 66.6 Å². The number of nitrogens with zero attached hydrogens (tertiary/aromatic N) is 5. The molecule has 7 nitrogen and oxygen atoms in total. The van der Waals surface area contributed by atoms with Gasteiger partial charge in [0, 0.05) is 37.6 Å². The number of hydrogen-bond donors (Lipinski definition) is 0. The van der Waals surface area contributed by atoms with Crippen LogP contribution in [-0.4, -0.2) is 50.9 Å². The molecule has 1 aromatic carbocycles. The van der Waals surface area contributed by atoms with Crippen molar-refractivity contribution in [2.75, 3.05) is 24.5 Å². The van der Waals surface area contributed by atoms with Gasteiger partial charge in [0.15, 0.2) is 0 Å². The van der Waals surface area contributed by atoms with Crippen LogP contribution in [0.1, 0.15) is 50.6 Å². The lowest BCUT2D eigenvalue weighted by Gasteiger charge is -2.32. The van der Waals surface area contributed by atoms with Gasteiger partial charge >= 0.3 is 0 Å². The fourth-order valence-electron chi connectivity index (χ4n) is 5.14. The van der Waals surface area contributed by atoms with Gasteiger partial charge in [-0.15, -0.1) is 0 Å². The van der Waals surface area contributed by atoms with E-state index in [-0.39, 0.29) is 11.8 Å². The molecule has 0 atom stereocenters. The number of carbonyl (C=O) groups is 2. The zero-order valence-electron chi connectivity index (χ0n) is 18.8. The monoisotopic (exact) mass is 451 g/mol. The lowest BCUT2D eigenvalue weighted by Crippen LogP contribution is -2.37. The molecule has 4 aromatic rings.